The first-order valence-electron chi connectivity index (χ1n) is 7.23. The minimum atomic E-state index is 0.293. The fourth-order valence-corrected chi connectivity index (χ4v) is 2.04. The number of nitrogen functional groups attached to an aromatic ring is 1. The summed E-state index contributed by atoms with van der Waals surface area (Å²) in [5.41, 5.74) is 8.30. The third-order valence-corrected chi connectivity index (χ3v) is 3.22. The second-order valence-corrected chi connectivity index (χ2v) is 5.24. The van der Waals surface area contributed by atoms with Gasteiger partial charge in [0.15, 0.2) is 0 Å². The third kappa shape index (κ3) is 4.34. The fraction of sp³-hybridized carbons (Fsp3) is 0.375. The van der Waals surface area contributed by atoms with E-state index in [0.29, 0.717) is 5.95 Å². The van der Waals surface area contributed by atoms with Crippen molar-refractivity contribution in [3.8, 4) is 0 Å². The lowest BCUT2D eigenvalue weighted by Crippen LogP contribution is -2.19. The molecule has 0 spiro atoms. The van der Waals surface area contributed by atoms with E-state index >= 15 is 0 Å². The van der Waals surface area contributed by atoms with Crippen LogP contribution in [-0.4, -0.2) is 23.6 Å². The number of aryl methyl sites for hydroxylation is 1. The zero-order chi connectivity index (χ0) is 15.2. The number of nitrogens with one attached hydrogen (secondary N) is 1. The van der Waals surface area contributed by atoms with Gasteiger partial charge in [0.2, 0.25) is 5.95 Å². The number of nitrogens with zero attached hydrogens (tertiary/aromatic N) is 3. The van der Waals surface area contributed by atoms with Gasteiger partial charge in [0.25, 0.3) is 0 Å². The highest BCUT2D eigenvalue weighted by Crippen LogP contribution is 2.18. The summed E-state index contributed by atoms with van der Waals surface area (Å²) in [4.78, 5) is 10.6. The van der Waals surface area contributed by atoms with Crippen LogP contribution in [0.4, 0.5) is 17.6 Å². The summed E-state index contributed by atoms with van der Waals surface area (Å²) in [6, 6.07) is 10.4. The average molecular weight is 285 g/mol. The number of hydrogen-bond donors (Lipinski definition) is 2. The molecule has 0 fully saturated rings. The van der Waals surface area contributed by atoms with Crippen molar-refractivity contribution >= 4 is 17.6 Å². The molecule has 0 aliphatic heterocycles. The van der Waals surface area contributed by atoms with Gasteiger partial charge >= 0.3 is 0 Å². The van der Waals surface area contributed by atoms with Crippen LogP contribution in [0, 0.1) is 6.92 Å². The first-order valence-corrected chi connectivity index (χ1v) is 7.23. The van der Waals surface area contributed by atoms with Crippen LogP contribution < -0.4 is 16.0 Å². The molecule has 0 saturated carbocycles. The van der Waals surface area contributed by atoms with Gasteiger partial charge in [-0.15, -0.1) is 0 Å². The van der Waals surface area contributed by atoms with Crippen molar-refractivity contribution in [2.24, 2.45) is 0 Å². The Labute approximate surface area is 126 Å². The van der Waals surface area contributed by atoms with Gasteiger partial charge in [0.1, 0.15) is 11.6 Å². The van der Waals surface area contributed by atoms with E-state index in [9.17, 15) is 0 Å². The maximum atomic E-state index is 5.79. The molecule has 2 rings (SSSR count). The molecule has 1 aromatic heterocycles. The lowest BCUT2D eigenvalue weighted by atomic mass is 10.1. The number of nitrogens with two attached hydrogens (primary N) is 1. The molecule has 2 aromatic rings. The summed E-state index contributed by atoms with van der Waals surface area (Å²) in [5, 5.41) is 3.24. The maximum Gasteiger partial charge on any atom is 0.223 e. The normalized spacial score (nSPS) is 10.4. The van der Waals surface area contributed by atoms with Crippen molar-refractivity contribution in [1.82, 2.24) is 9.97 Å². The molecule has 1 heterocycles. The monoisotopic (exact) mass is 285 g/mol. The first kappa shape index (κ1) is 15.1. The number of rotatable bonds is 6. The van der Waals surface area contributed by atoms with E-state index < -0.39 is 0 Å². The molecule has 1 aromatic carbocycles. The molecule has 0 aliphatic carbocycles. The van der Waals surface area contributed by atoms with Gasteiger partial charge in [0, 0.05) is 26.2 Å². The summed E-state index contributed by atoms with van der Waals surface area (Å²) in [6.45, 7) is 5.85. The number of aromatic nitrogens is 2. The number of anilines is 3. The van der Waals surface area contributed by atoms with Gasteiger partial charge in [-0.2, -0.15) is 9.97 Å². The van der Waals surface area contributed by atoms with Gasteiger partial charge in [-0.3, -0.25) is 0 Å². The second-order valence-electron chi connectivity index (χ2n) is 5.24. The van der Waals surface area contributed by atoms with E-state index in [1.165, 1.54) is 11.1 Å². The Kier molecular flexibility index (Phi) is 4.98. The molecule has 0 atom stereocenters. The molecule has 0 unspecified atom stereocenters. The van der Waals surface area contributed by atoms with Gasteiger partial charge in [-0.1, -0.05) is 36.8 Å². The van der Waals surface area contributed by atoms with Gasteiger partial charge in [-0.25, -0.2) is 0 Å². The Morgan fingerprint density at radius 3 is 2.57 bits per heavy atom. The molecule has 21 heavy (non-hydrogen) atoms. The standard InChI is InChI=1S/C16H23N5/c1-4-9-18-14-10-15(20-16(17)19-14)21(3)11-13-7-5-12(2)6-8-13/h5-8,10H,4,9,11H2,1-3H3,(H3,17,18,19,20). The SMILES string of the molecule is CCCNc1cc(N(C)Cc2ccc(C)cc2)nc(N)n1. The van der Waals surface area contributed by atoms with E-state index in [1.54, 1.807) is 0 Å². The van der Waals surface area contributed by atoms with Crippen molar-refractivity contribution in [2.45, 2.75) is 26.8 Å². The first-order chi connectivity index (χ1) is 10.1. The van der Waals surface area contributed by atoms with Gasteiger partial charge in [0.05, 0.1) is 0 Å². The minimum Gasteiger partial charge on any atom is -0.370 e. The Balaban J connectivity index is 2.12. The minimum absolute atomic E-state index is 0.293. The zero-order valence-corrected chi connectivity index (χ0v) is 12.9. The lowest BCUT2D eigenvalue weighted by Gasteiger charge is -2.19. The molecule has 5 nitrogen and oxygen atoms in total. The second kappa shape index (κ2) is 6.92. The summed E-state index contributed by atoms with van der Waals surface area (Å²) >= 11 is 0. The molecule has 112 valence electrons. The molecule has 0 amide bonds. The molecular weight excluding hydrogens is 262 g/mol. The van der Waals surface area contributed by atoms with E-state index in [4.69, 9.17) is 5.73 Å². The topological polar surface area (TPSA) is 67.1 Å². The Bertz CT molecular complexity index is 580. The Morgan fingerprint density at radius 2 is 1.90 bits per heavy atom. The summed E-state index contributed by atoms with van der Waals surface area (Å²) in [7, 11) is 2.01. The Morgan fingerprint density at radius 1 is 1.19 bits per heavy atom. The zero-order valence-electron chi connectivity index (χ0n) is 12.9. The van der Waals surface area contributed by atoms with Crippen LogP contribution in [-0.2, 0) is 6.54 Å². The summed E-state index contributed by atoms with van der Waals surface area (Å²) in [5.74, 6) is 1.89. The van der Waals surface area contributed by atoms with E-state index in [0.717, 1.165) is 31.1 Å². The van der Waals surface area contributed by atoms with Crippen molar-refractivity contribution in [3.05, 3.63) is 41.5 Å². The molecule has 0 radical (unpaired) electrons. The molecular formula is C16H23N5. The highest BCUT2D eigenvalue weighted by Gasteiger charge is 2.07. The number of benzene rings is 1. The maximum absolute atomic E-state index is 5.79. The largest absolute Gasteiger partial charge is 0.370 e. The number of hydrogen-bond acceptors (Lipinski definition) is 5. The van der Waals surface area contributed by atoms with Crippen LogP contribution in [0.1, 0.15) is 24.5 Å². The van der Waals surface area contributed by atoms with E-state index in [1.807, 2.05) is 13.1 Å². The van der Waals surface area contributed by atoms with Crippen molar-refractivity contribution in [3.63, 3.8) is 0 Å². The highest BCUT2D eigenvalue weighted by molar-refractivity contribution is 5.52. The highest BCUT2D eigenvalue weighted by atomic mass is 15.2. The van der Waals surface area contributed by atoms with Crippen LogP contribution in [0.2, 0.25) is 0 Å². The fourth-order valence-electron chi connectivity index (χ4n) is 2.04. The third-order valence-electron chi connectivity index (χ3n) is 3.22. The predicted molar refractivity (Wildman–Crippen MR) is 88.5 cm³/mol. The van der Waals surface area contributed by atoms with Crippen LogP contribution in [0.3, 0.4) is 0 Å². The Hall–Kier alpha value is -2.30. The average Bonchev–Trinajstić information content (AvgIpc) is 2.47. The van der Waals surface area contributed by atoms with E-state index in [2.05, 4.69) is 58.3 Å². The van der Waals surface area contributed by atoms with Crippen molar-refractivity contribution < 1.29 is 0 Å². The molecule has 3 N–H and O–H groups in total. The smallest absolute Gasteiger partial charge is 0.223 e. The van der Waals surface area contributed by atoms with Crippen LogP contribution in [0.5, 0.6) is 0 Å². The summed E-state index contributed by atoms with van der Waals surface area (Å²) in [6.07, 6.45) is 1.04. The molecule has 0 bridgehead atoms. The van der Waals surface area contributed by atoms with Crippen molar-refractivity contribution in [1.29, 1.82) is 0 Å². The van der Waals surface area contributed by atoms with Crippen LogP contribution in [0.25, 0.3) is 0 Å². The predicted octanol–water partition coefficient (Wildman–Crippen LogP) is 2.83. The van der Waals surface area contributed by atoms with Crippen molar-refractivity contribution in [2.75, 3.05) is 29.5 Å². The molecule has 0 saturated heterocycles. The summed E-state index contributed by atoms with van der Waals surface area (Å²) < 4.78 is 0. The van der Waals surface area contributed by atoms with Crippen LogP contribution >= 0.6 is 0 Å². The molecule has 0 aliphatic rings. The van der Waals surface area contributed by atoms with Gasteiger partial charge in [-0.05, 0) is 18.9 Å². The lowest BCUT2D eigenvalue weighted by molar-refractivity contribution is 0.890. The molecule has 5 heteroatoms. The van der Waals surface area contributed by atoms with E-state index in [-0.39, 0.29) is 0 Å². The van der Waals surface area contributed by atoms with Gasteiger partial charge < -0.3 is 16.0 Å². The quantitative estimate of drug-likeness (QED) is 0.854. The van der Waals surface area contributed by atoms with Crippen LogP contribution in [0.15, 0.2) is 30.3 Å².